The van der Waals surface area contributed by atoms with Crippen molar-refractivity contribution >= 4 is 40.4 Å². The molecule has 0 aliphatic carbocycles. The van der Waals surface area contributed by atoms with E-state index in [1.165, 1.54) is 0 Å². The Balaban J connectivity index is 2.01. The summed E-state index contributed by atoms with van der Waals surface area (Å²) in [5, 5.41) is 3.91. The highest BCUT2D eigenvalue weighted by atomic mass is 127. The summed E-state index contributed by atoms with van der Waals surface area (Å²) in [6, 6.07) is 14.7. The van der Waals surface area contributed by atoms with Gasteiger partial charge in [0.2, 0.25) is 0 Å². The fourth-order valence-corrected chi connectivity index (χ4v) is 1.84. The molecule has 0 spiro atoms. The van der Waals surface area contributed by atoms with Crippen molar-refractivity contribution in [3.8, 4) is 0 Å². The number of nitrogens with one attached hydrogen (secondary N) is 1. The maximum absolute atomic E-state index is 11.8. The van der Waals surface area contributed by atoms with E-state index in [-0.39, 0.29) is 5.91 Å². The number of nitrogens with two attached hydrogens (primary N) is 1. The molecule has 2 aromatic carbocycles. The summed E-state index contributed by atoms with van der Waals surface area (Å²) in [5.41, 5.74) is 9.93. The van der Waals surface area contributed by atoms with Crippen molar-refractivity contribution in [3.63, 3.8) is 0 Å². The minimum atomic E-state index is -0.320. The van der Waals surface area contributed by atoms with Gasteiger partial charge in [-0.05, 0) is 52.4 Å². The average Bonchev–Trinajstić information content (AvgIpc) is 2.41. The summed E-state index contributed by atoms with van der Waals surface area (Å²) in [7, 11) is 0. The average molecular weight is 365 g/mol. The van der Waals surface area contributed by atoms with Gasteiger partial charge in [0.25, 0.3) is 5.91 Å². The lowest BCUT2D eigenvalue weighted by Gasteiger charge is -2.02. The molecule has 2 rings (SSSR count). The van der Waals surface area contributed by atoms with E-state index in [1.807, 2.05) is 24.3 Å². The molecular formula is C14H12IN3O. The monoisotopic (exact) mass is 365 g/mol. The first-order valence-electron chi connectivity index (χ1n) is 5.60. The number of nitrogen functional groups attached to an aromatic ring is 1. The third-order valence-corrected chi connectivity index (χ3v) is 3.17. The van der Waals surface area contributed by atoms with Gasteiger partial charge in [0, 0.05) is 9.26 Å². The number of benzene rings is 2. The Morgan fingerprint density at radius 2 is 1.84 bits per heavy atom. The number of carbonyl (C=O) groups excluding carboxylic acids is 1. The molecule has 0 heterocycles. The minimum Gasteiger partial charge on any atom is -0.398 e. The third kappa shape index (κ3) is 3.78. The number of nitrogens with zero attached hydrogens (tertiary/aromatic N) is 1. The first-order chi connectivity index (χ1) is 9.16. The summed E-state index contributed by atoms with van der Waals surface area (Å²) in [6.07, 6.45) is 1.59. The van der Waals surface area contributed by atoms with Gasteiger partial charge in [-0.3, -0.25) is 4.79 Å². The molecule has 0 aliphatic heterocycles. The summed E-state index contributed by atoms with van der Waals surface area (Å²) in [5.74, 6) is -0.320. The lowest BCUT2D eigenvalue weighted by Crippen LogP contribution is -2.18. The van der Waals surface area contributed by atoms with Gasteiger partial charge in [0.15, 0.2) is 0 Å². The molecular weight excluding hydrogens is 353 g/mol. The van der Waals surface area contributed by atoms with Gasteiger partial charge in [0.1, 0.15) is 0 Å². The molecule has 2 aromatic rings. The quantitative estimate of drug-likeness (QED) is 0.380. The molecule has 0 aliphatic rings. The van der Waals surface area contributed by atoms with Crippen molar-refractivity contribution in [2.45, 2.75) is 0 Å². The standard InChI is InChI=1S/C14H12IN3O/c15-11-7-5-10(6-8-11)9-17-18-14(19)12-3-1-2-4-13(12)16/h1-9H,16H2,(H,18,19)/b17-9-. The summed E-state index contributed by atoms with van der Waals surface area (Å²) in [4.78, 5) is 11.8. The number of carbonyl (C=O) groups is 1. The number of para-hydroxylation sites is 1. The summed E-state index contributed by atoms with van der Waals surface area (Å²) in [6.45, 7) is 0. The van der Waals surface area contributed by atoms with Crippen LogP contribution in [0.1, 0.15) is 15.9 Å². The normalized spacial score (nSPS) is 10.6. The van der Waals surface area contributed by atoms with Crippen LogP contribution in [0.3, 0.4) is 0 Å². The zero-order chi connectivity index (χ0) is 13.7. The van der Waals surface area contributed by atoms with Crippen molar-refractivity contribution in [1.29, 1.82) is 0 Å². The number of anilines is 1. The molecule has 0 saturated carbocycles. The van der Waals surface area contributed by atoms with Gasteiger partial charge < -0.3 is 5.73 Å². The molecule has 0 radical (unpaired) electrons. The predicted octanol–water partition coefficient (Wildman–Crippen LogP) is 2.64. The van der Waals surface area contributed by atoms with Crippen molar-refractivity contribution in [3.05, 3.63) is 63.2 Å². The van der Waals surface area contributed by atoms with Crippen LogP contribution < -0.4 is 11.2 Å². The largest absolute Gasteiger partial charge is 0.398 e. The number of hydrazone groups is 1. The van der Waals surface area contributed by atoms with Gasteiger partial charge in [-0.1, -0.05) is 24.3 Å². The van der Waals surface area contributed by atoms with Crippen molar-refractivity contribution in [2.24, 2.45) is 5.10 Å². The number of rotatable bonds is 3. The zero-order valence-electron chi connectivity index (χ0n) is 10.0. The van der Waals surface area contributed by atoms with E-state index in [9.17, 15) is 4.79 Å². The fraction of sp³-hybridized carbons (Fsp3) is 0. The van der Waals surface area contributed by atoms with Crippen molar-refractivity contribution in [2.75, 3.05) is 5.73 Å². The Hall–Kier alpha value is -1.89. The first-order valence-corrected chi connectivity index (χ1v) is 6.68. The number of amides is 1. The zero-order valence-corrected chi connectivity index (χ0v) is 12.2. The van der Waals surface area contributed by atoms with E-state index < -0.39 is 0 Å². The molecule has 3 N–H and O–H groups in total. The topological polar surface area (TPSA) is 67.5 Å². The van der Waals surface area contributed by atoms with E-state index in [1.54, 1.807) is 30.5 Å². The van der Waals surface area contributed by atoms with Crippen LogP contribution in [0.25, 0.3) is 0 Å². The van der Waals surface area contributed by atoms with E-state index in [4.69, 9.17) is 5.73 Å². The van der Waals surface area contributed by atoms with Crippen LogP contribution in [0.4, 0.5) is 5.69 Å². The maximum atomic E-state index is 11.8. The second-order valence-electron chi connectivity index (χ2n) is 3.84. The van der Waals surface area contributed by atoms with E-state index in [0.717, 1.165) is 9.13 Å². The van der Waals surface area contributed by atoms with Crippen LogP contribution >= 0.6 is 22.6 Å². The van der Waals surface area contributed by atoms with Gasteiger partial charge in [-0.15, -0.1) is 0 Å². The van der Waals surface area contributed by atoms with Crippen LogP contribution in [-0.2, 0) is 0 Å². The molecule has 1 amide bonds. The van der Waals surface area contributed by atoms with Gasteiger partial charge in [-0.25, -0.2) is 5.43 Å². The Morgan fingerprint density at radius 1 is 1.16 bits per heavy atom. The first kappa shape index (κ1) is 13.5. The molecule has 5 heteroatoms. The molecule has 19 heavy (non-hydrogen) atoms. The van der Waals surface area contributed by atoms with Gasteiger partial charge in [-0.2, -0.15) is 5.10 Å². The second-order valence-corrected chi connectivity index (χ2v) is 5.08. The number of hydrogen-bond donors (Lipinski definition) is 2. The third-order valence-electron chi connectivity index (χ3n) is 2.46. The van der Waals surface area contributed by atoms with Gasteiger partial charge in [0.05, 0.1) is 11.8 Å². The second kappa shape index (κ2) is 6.33. The molecule has 0 saturated heterocycles. The van der Waals surface area contributed by atoms with Crippen LogP contribution in [0.2, 0.25) is 0 Å². The number of halogens is 1. The SMILES string of the molecule is Nc1ccccc1C(=O)N/N=C\c1ccc(I)cc1. The number of hydrogen-bond acceptors (Lipinski definition) is 3. The van der Waals surface area contributed by atoms with Crippen LogP contribution in [0, 0.1) is 3.57 Å². The van der Waals surface area contributed by atoms with Gasteiger partial charge >= 0.3 is 0 Å². The fourth-order valence-electron chi connectivity index (χ4n) is 1.48. The van der Waals surface area contributed by atoms with Crippen LogP contribution in [0.5, 0.6) is 0 Å². The summed E-state index contributed by atoms with van der Waals surface area (Å²) >= 11 is 2.23. The van der Waals surface area contributed by atoms with E-state index >= 15 is 0 Å². The van der Waals surface area contributed by atoms with Crippen LogP contribution in [0.15, 0.2) is 53.6 Å². The lowest BCUT2D eigenvalue weighted by atomic mass is 10.2. The van der Waals surface area contributed by atoms with Crippen molar-refractivity contribution in [1.82, 2.24) is 5.43 Å². The maximum Gasteiger partial charge on any atom is 0.273 e. The molecule has 0 atom stereocenters. The molecule has 0 aromatic heterocycles. The van der Waals surface area contributed by atoms with E-state index in [0.29, 0.717) is 11.3 Å². The summed E-state index contributed by atoms with van der Waals surface area (Å²) < 4.78 is 1.15. The highest BCUT2D eigenvalue weighted by Crippen LogP contribution is 2.09. The highest BCUT2D eigenvalue weighted by molar-refractivity contribution is 14.1. The Bertz CT molecular complexity index is 608. The minimum absolute atomic E-state index is 0.320. The molecule has 96 valence electrons. The van der Waals surface area contributed by atoms with E-state index in [2.05, 4.69) is 33.1 Å². The highest BCUT2D eigenvalue weighted by Gasteiger charge is 2.06. The Labute approximate surface area is 124 Å². The molecule has 4 nitrogen and oxygen atoms in total. The Kier molecular flexibility index (Phi) is 4.51. The molecule has 0 unspecified atom stereocenters. The van der Waals surface area contributed by atoms with Crippen LogP contribution in [-0.4, -0.2) is 12.1 Å². The molecule has 0 bridgehead atoms. The van der Waals surface area contributed by atoms with Crippen molar-refractivity contribution < 1.29 is 4.79 Å². The lowest BCUT2D eigenvalue weighted by molar-refractivity contribution is 0.0956. The smallest absolute Gasteiger partial charge is 0.273 e. The Morgan fingerprint density at radius 3 is 2.53 bits per heavy atom. The molecule has 0 fully saturated rings. The predicted molar refractivity (Wildman–Crippen MR) is 85.1 cm³/mol.